The summed E-state index contributed by atoms with van der Waals surface area (Å²) in [5, 5.41) is 51.3. The number of para-hydroxylation sites is 1. The van der Waals surface area contributed by atoms with Crippen LogP contribution in [0.1, 0.15) is 29.0 Å². The third kappa shape index (κ3) is 2.56. The van der Waals surface area contributed by atoms with Gasteiger partial charge < -0.3 is 30.3 Å². The number of fused-ring (bicyclic) bond motifs is 3. The fourth-order valence-corrected chi connectivity index (χ4v) is 4.60. The fourth-order valence-electron chi connectivity index (χ4n) is 4.60. The van der Waals surface area contributed by atoms with E-state index in [-0.39, 0.29) is 29.1 Å². The topological polar surface area (TPSA) is 153 Å². The summed E-state index contributed by atoms with van der Waals surface area (Å²) in [6.07, 6.45) is -2.16. The Morgan fingerprint density at radius 1 is 1.10 bits per heavy atom. The summed E-state index contributed by atoms with van der Waals surface area (Å²) < 4.78 is 5.54. The molecule has 0 spiro atoms. The van der Waals surface area contributed by atoms with E-state index in [1.54, 1.807) is 12.1 Å². The molecule has 5 N–H and O–H groups in total. The van der Waals surface area contributed by atoms with Gasteiger partial charge in [-0.1, -0.05) is 18.2 Å². The molecule has 5 atom stereocenters. The Morgan fingerprint density at radius 3 is 2.53 bits per heavy atom. The summed E-state index contributed by atoms with van der Waals surface area (Å²) in [6.45, 7) is 0. The minimum Gasteiger partial charge on any atom is -0.508 e. The molecule has 2 heterocycles. The minimum absolute atomic E-state index is 0.00471. The maximum Gasteiger partial charge on any atom is 0.364 e. The number of phenols is 2. The highest BCUT2D eigenvalue weighted by Crippen LogP contribution is 2.53. The number of aromatic nitrogens is 2. The number of ether oxygens (including phenoxy) is 1. The van der Waals surface area contributed by atoms with Gasteiger partial charge in [-0.15, -0.1) is 0 Å². The molecule has 9 heteroatoms. The number of benzene rings is 2. The molecular formula is C21H18N2O7. The van der Waals surface area contributed by atoms with Gasteiger partial charge in [0.1, 0.15) is 23.1 Å². The van der Waals surface area contributed by atoms with Crippen molar-refractivity contribution in [2.24, 2.45) is 5.92 Å². The van der Waals surface area contributed by atoms with Crippen LogP contribution in [-0.2, 0) is 16.0 Å². The number of nitrogens with zero attached hydrogens (tertiary/aromatic N) is 2. The number of carbonyl (C=O) groups is 1. The molecule has 2 aromatic carbocycles. The van der Waals surface area contributed by atoms with Crippen molar-refractivity contribution in [1.82, 2.24) is 9.97 Å². The average Bonchev–Trinajstić information content (AvgIpc) is 3.02. The lowest BCUT2D eigenvalue weighted by Gasteiger charge is -2.32. The first kappa shape index (κ1) is 18.7. The molecule has 5 rings (SSSR count). The molecule has 1 unspecified atom stereocenters. The predicted octanol–water partition coefficient (Wildman–Crippen LogP) is 1.20. The first-order valence-corrected chi connectivity index (χ1v) is 9.38. The monoisotopic (exact) mass is 410 g/mol. The predicted molar refractivity (Wildman–Crippen MR) is 102 cm³/mol. The number of hydrogen-bond acceptors (Lipinski definition) is 8. The van der Waals surface area contributed by atoms with Crippen LogP contribution in [0.3, 0.4) is 0 Å². The Kier molecular flexibility index (Phi) is 3.97. The molecule has 1 saturated heterocycles. The van der Waals surface area contributed by atoms with Crippen LogP contribution in [-0.4, -0.2) is 53.4 Å². The van der Waals surface area contributed by atoms with Crippen molar-refractivity contribution in [2.45, 2.75) is 30.3 Å². The average molecular weight is 410 g/mol. The summed E-state index contributed by atoms with van der Waals surface area (Å²) in [4.78, 5) is 20.8. The highest BCUT2D eigenvalue weighted by Gasteiger charge is 2.63. The summed E-state index contributed by atoms with van der Waals surface area (Å²) >= 11 is 0. The zero-order valence-corrected chi connectivity index (χ0v) is 15.5. The normalized spacial score (nSPS) is 30.1. The van der Waals surface area contributed by atoms with E-state index in [2.05, 4.69) is 9.97 Å². The largest absolute Gasteiger partial charge is 0.508 e. The summed E-state index contributed by atoms with van der Waals surface area (Å²) in [6, 6.07) is 10.5. The molecule has 0 bridgehead atoms. The van der Waals surface area contributed by atoms with Crippen molar-refractivity contribution in [3.63, 3.8) is 0 Å². The van der Waals surface area contributed by atoms with Crippen molar-refractivity contribution >= 4 is 17.0 Å². The molecular weight excluding hydrogens is 392 g/mol. The summed E-state index contributed by atoms with van der Waals surface area (Å²) in [7, 11) is 0. The van der Waals surface area contributed by atoms with Gasteiger partial charge in [-0.2, -0.15) is 0 Å². The second-order valence-electron chi connectivity index (χ2n) is 7.67. The molecule has 1 aliphatic heterocycles. The van der Waals surface area contributed by atoms with Crippen LogP contribution < -0.4 is 0 Å². The van der Waals surface area contributed by atoms with E-state index in [1.807, 2.05) is 0 Å². The molecule has 2 aliphatic rings. The van der Waals surface area contributed by atoms with Gasteiger partial charge in [0.15, 0.2) is 0 Å². The molecule has 30 heavy (non-hydrogen) atoms. The number of aliphatic carboxylic acids is 1. The molecule has 0 amide bonds. The van der Waals surface area contributed by atoms with Crippen LogP contribution in [0, 0.1) is 5.92 Å². The van der Waals surface area contributed by atoms with E-state index in [0.29, 0.717) is 16.8 Å². The number of rotatable bonds is 2. The lowest BCUT2D eigenvalue weighted by Crippen LogP contribution is -2.43. The molecule has 0 radical (unpaired) electrons. The molecule has 1 aliphatic carbocycles. The Hall–Kier alpha value is -3.27. The molecule has 1 fully saturated rings. The SMILES string of the molecule is O=C(O)C1(O)O[C@@H]2[C@@H](Cc3nc4c(O)cccc4nc3[C@@H]2O)[C@H]1c1ccc(O)cc1. The number of phenolic OH excluding ortho intramolecular Hbond substituents is 2. The highest BCUT2D eigenvalue weighted by atomic mass is 16.7. The zero-order chi connectivity index (χ0) is 21.2. The van der Waals surface area contributed by atoms with Gasteiger partial charge in [0, 0.05) is 5.92 Å². The number of aliphatic hydroxyl groups is 2. The van der Waals surface area contributed by atoms with Gasteiger partial charge in [-0.05, 0) is 36.2 Å². The van der Waals surface area contributed by atoms with Crippen LogP contribution >= 0.6 is 0 Å². The first-order valence-electron chi connectivity index (χ1n) is 9.38. The van der Waals surface area contributed by atoms with Crippen molar-refractivity contribution in [3.8, 4) is 11.5 Å². The number of carboxylic acids is 1. The maximum absolute atomic E-state index is 12.0. The standard InChI is InChI=1S/C21H18N2O7/c24-10-6-4-9(5-7-10)15-11-8-13-17(18(26)19(11)30-21(15,29)20(27)28)22-12-2-1-3-14(25)16(12)23-13/h1-7,11,15,18-19,24-26,29H,8H2,(H,27,28)/t11-,15+,18-,19+,21?/m0/s1. The van der Waals surface area contributed by atoms with E-state index in [4.69, 9.17) is 4.74 Å². The molecule has 154 valence electrons. The van der Waals surface area contributed by atoms with E-state index in [1.165, 1.54) is 30.3 Å². The van der Waals surface area contributed by atoms with Crippen molar-refractivity contribution in [3.05, 3.63) is 59.4 Å². The van der Waals surface area contributed by atoms with Gasteiger partial charge in [0.05, 0.1) is 28.9 Å². The van der Waals surface area contributed by atoms with E-state index in [0.717, 1.165) is 0 Å². The maximum atomic E-state index is 12.0. The smallest absolute Gasteiger partial charge is 0.364 e. The summed E-state index contributed by atoms with van der Waals surface area (Å²) in [5.41, 5.74) is 1.73. The fraction of sp³-hybridized carbons (Fsp3) is 0.286. The number of carboxylic acid groups (broad SMARTS) is 1. The third-order valence-corrected chi connectivity index (χ3v) is 5.94. The zero-order valence-electron chi connectivity index (χ0n) is 15.5. The van der Waals surface area contributed by atoms with Crippen LogP contribution in [0.15, 0.2) is 42.5 Å². The first-order chi connectivity index (χ1) is 14.3. The van der Waals surface area contributed by atoms with Crippen LogP contribution in [0.2, 0.25) is 0 Å². The quantitative estimate of drug-likeness (QED) is 0.419. The summed E-state index contributed by atoms with van der Waals surface area (Å²) in [5.74, 6) is -5.86. The second kappa shape index (κ2) is 6.36. The van der Waals surface area contributed by atoms with Gasteiger partial charge in [-0.25, -0.2) is 14.8 Å². The van der Waals surface area contributed by atoms with Crippen molar-refractivity contribution < 1.29 is 35.1 Å². The number of hydrogen-bond donors (Lipinski definition) is 5. The van der Waals surface area contributed by atoms with Crippen molar-refractivity contribution in [2.75, 3.05) is 0 Å². The number of aromatic hydroxyl groups is 2. The molecule has 1 aromatic heterocycles. The lowest BCUT2D eigenvalue weighted by molar-refractivity contribution is -0.229. The number of aliphatic hydroxyl groups excluding tert-OH is 1. The van der Waals surface area contributed by atoms with Gasteiger partial charge in [0.2, 0.25) is 0 Å². The van der Waals surface area contributed by atoms with Gasteiger partial charge >= 0.3 is 5.97 Å². The van der Waals surface area contributed by atoms with Crippen LogP contribution in [0.5, 0.6) is 11.5 Å². The molecule has 0 saturated carbocycles. The minimum atomic E-state index is -2.57. The molecule has 9 nitrogen and oxygen atoms in total. The van der Waals surface area contributed by atoms with Gasteiger partial charge in [0.25, 0.3) is 5.79 Å². The Labute approximate surface area is 169 Å². The third-order valence-electron chi connectivity index (χ3n) is 5.94. The van der Waals surface area contributed by atoms with Crippen LogP contribution in [0.4, 0.5) is 0 Å². The van der Waals surface area contributed by atoms with E-state index >= 15 is 0 Å². The van der Waals surface area contributed by atoms with Gasteiger partial charge in [-0.3, -0.25) is 0 Å². The second-order valence-corrected chi connectivity index (χ2v) is 7.67. The molecule has 3 aromatic rings. The van der Waals surface area contributed by atoms with Crippen molar-refractivity contribution in [1.29, 1.82) is 0 Å². The van der Waals surface area contributed by atoms with E-state index < -0.39 is 35.8 Å². The Bertz CT molecular complexity index is 1170. The van der Waals surface area contributed by atoms with Crippen LogP contribution in [0.25, 0.3) is 11.0 Å². The lowest BCUT2D eigenvalue weighted by atomic mass is 9.73. The Balaban J connectivity index is 1.66. The Morgan fingerprint density at radius 2 is 1.83 bits per heavy atom. The highest BCUT2D eigenvalue weighted by molar-refractivity contribution is 5.81. The van der Waals surface area contributed by atoms with E-state index in [9.17, 15) is 30.3 Å².